The van der Waals surface area contributed by atoms with E-state index in [2.05, 4.69) is 20.5 Å². The number of aliphatic imine (C=N–C) groups is 2. The van der Waals surface area contributed by atoms with E-state index in [0.717, 1.165) is 43.5 Å². The fourth-order valence-corrected chi connectivity index (χ4v) is 5.65. The maximum Gasteiger partial charge on any atom is 0.173 e. The lowest BCUT2D eigenvalue weighted by Crippen LogP contribution is -2.41. The van der Waals surface area contributed by atoms with Crippen molar-refractivity contribution in [2.24, 2.45) is 15.4 Å². The number of carbonyl (C=O) groups excluding carboxylic acids is 1. The highest BCUT2D eigenvalue weighted by atomic mass is 32.1. The van der Waals surface area contributed by atoms with Crippen molar-refractivity contribution in [3.63, 3.8) is 0 Å². The van der Waals surface area contributed by atoms with Gasteiger partial charge in [0.1, 0.15) is 10.5 Å². The molecule has 2 aromatic rings. The number of aryl methyl sites for hydroxylation is 1. The van der Waals surface area contributed by atoms with E-state index in [-0.39, 0.29) is 5.78 Å². The van der Waals surface area contributed by atoms with Crippen molar-refractivity contribution in [3.8, 4) is 0 Å². The molecule has 0 saturated carbocycles. The minimum atomic E-state index is -0.899. The molecule has 7 nitrogen and oxygen atoms in total. The summed E-state index contributed by atoms with van der Waals surface area (Å²) in [7, 11) is 0. The highest BCUT2D eigenvalue weighted by molar-refractivity contribution is 7.11. The number of nitrogens with one attached hydrogen (secondary N) is 2. The Morgan fingerprint density at radius 3 is 2.44 bits per heavy atom. The Morgan fingerprint density at radius 2 is 1.71 bits per heavy atom. The summed E-state index contributed by atoms with van der Waals surface area (Å²) in [6.45, 7) is 7.74. The maximum atomic E-state index is 13.7. The lowest BCUT2D eigenvalue weighted by Gasteiger charge is -2.23. The van der Waals surface area contributed by atoms with Gasteiger partial charge in [0.05, 0.1) is 22.5 Å². The molecule has 1 saturated heterocycles. The number of rotatable bonds is 1. The zero-order valence-electron chi connectivity index (χ0n) is 19.4. The molecule has 8 heteroatoms. The normalized spacial score (nSPS) is 28.5. The van der Waals surface area contributed by atoms with Gasteiger partial charge in [0.2, 0.25) is 0 Å². The van der Waals surface area contributed by atoms with Gasteiger partial charge < -0.3 is 10.3 Å². The molecule has 0 spiro atoms. The molecule has 0 radical (unpaired) electrons. The number of aromatic nitrogens is 3. The number of hydrogen-bond acceptors (Lipinski definition) is 7. The van der Waals surface area contributed by atoms with E-state index < -0.39 is 16.5 Å². The van der Waals surface area contributed by atoms with Crippen LogP contribution in [0.15, 0.2) is 70.0 Å². The number of H-pyrrole nitrogens is 1. The zero-order chi connectivity index (χ0) is 23.7. The maximum absolute atomic E-state index is 13.7. The quantitative estimate of drug-likeness (QED) is 0.672. The van der Waals surface area contributed by atoms with E-state index in [1.807, 2.05) is 88.4 Å². The first-order valence-electron chi connectivity index (χ1n) is 11.2. The topological polar surface area (TPSA) is 95.4 Å². The first-order valence-corrected chi connectivity index (χ1v) is 12.0. The molecule has 34 heavy (non-hydrogen) atoms. The van der Waals surface area contributed by atoms with Crippen LogP contribution < -0.4 is 16.0 Å². The Bertz CT molecular complexity index is 1560. The smallest absolute Gasteiger partial charge is 0.173 e. The van der Waals surface area contributed by atoms with Crippen LogP contribution in [0.25, 0.3) is 12.2 Å². The van der Waals surface area contributed by atoms with Crippen molar-refractivity contribution in [3.05, 3.63) is 80.7 Å². The van der Waals surface area contributed by atoms with Crippen molar-refractivity contribution in [1.82, 2.24) is 20.5 Å². The van der Waals surface area contributed by atoms with Crippen LogP contribution in [0.4, 0.5) is 0 Å². The SMILES string of the molecule is Cc1nnc(C23C=CC(=N2)C=c2ccc([nH]2)=CC2=NC(=CC4(C)NC(=C3)C(C)(C)C4=O)C=C2)s1. The van der Waals surface area contributed by atoms with Crippen molar-refractivity contribution < 1.29 is 4.79 Å². The van der Waals surface area contributed by atoms with Crippen LogP contribution in [0, 0.1) is 12.3 Å². The monoisotopic (exact) mass is 468 g/mol. The van der Waals surface area contributed by atoms with Crippen LogP contribution in [0.1, 0.15) is 30.8 Å². The number of nitrogens with zero attached hydrogens (tertiary/aromatic N) is 4. The van der Waals surface area contributed by atoms with Gasteiger partial charge in [0.15, 0.2) is 16.3 Å². The summed E-state index contributed by atoms with van der Waals surface area (Å²) in [5, 5.41) is 15.7. The third kappa shape index (κ3) is 3.20. The molecule has 6 heterocycles. The number of aromatic amines is 1. The van der Waals surface area contributed by atoms with Gasteiger partial charge in [-0.3, -0.25) is 9.79 Å². The lowest BCUT2D eigenvalue weighted by atomic mass is 9.80. The summed E-state index contributed by atoms with van der Waals surface area (Å²) < 4.78 is 0. The fraction of sp³-hybridized carbons (Fsp3) is 0.269. The second-order valence-corrected chi connectivity index (χ2v) is 10.9. The van der Waals surface area contributed by atoms with Gasteiger partial charge in [-0.05, 0) is 88.4 Å². The van der Waals surface area contributed by atoms with Crippen LogP contribution >= 0.6 is 11.3 Å². The van der Waals surface area contributed by atoms with Crippen molar-refractivity contribution in [1.29, 1.82) is 0 Å². The largest absolute Gasteiger partial charge is 0.373 e. The summed E-state index contributed by atoms with van der Waals surface area (Å²) >= 11 is 1.51. The number of carbonyl (C=O) groups is 1. The van der Waals surface area contributed by atoms with Gasteiger partial charge in [-0.2, -0.15) is 0 Å². The van der Waals surface area contributed by atoms with Crippen molar-refractivity contribution in [2.45, 2.75) is 38.8 Å². The van der Waals surface area contributed by atoms with Crippen LogP contribution in [0.5, 0.6) is 0 Å². The summed E-state index contributed by atoms with van der Waals surface area (Å²) in [6.07, 6.45) is 15.9. The minimum absolute atomic E-state index is 0.0824. The zero-order valence-corrected chi connectivity index (χ0v) is 20.2. The van der Waals surface area contributed by atoms with Gasteiger partial charge >= 0.3 is 0 Å². The Kier molecular flexibility index (Phi) is 4.26. The second kappa shape index (κ2) is 6.93. The fourth-order valence-electron chi connectivity index (χ4n) is 4.87. The third-order valence-electron chi connectivity index (χ3n) is 6.62. The highest BCUT2D eigenvalue weighted by Gasteiger charge is 2.52. The van der Waals surface area contributed by atoms with Crippen LogP contribution in [-0.4, -0.2) is 37.9 Å². The Hall–Kier alpha value is -3.65. The van der Waals surface area contributed by atoms with E-state index >= 15 is 0 Å². The minimum Gasteiger partial charge on any atom is -0.373 e. The van der Waals surface area contributed by atoms with Crippen LogP contribution in [0.3, 0.4) is 0 Å². The summed E-state index contributed by atoms with van der Waals surface area (Å²) in [6, 6.07) is 4.04. The average molecular weight is 469 g/mol. The average Bonchev–Trinajstić information content (AvgIpc) is 3.58. The van der Waals surface area contributed by atoms with Gasteiger partial charge in [0, 0.05) is 16.4 Å². The van der Waals surface area contributed by atoms with Gasteiger partial charge in [-0.1, -0.05) is 11.3 Å². The lowest BCUT2D eigenvalue weighted by molar-refractivity contribution is -0.126. The predicted molar refractivity (Wildman–Crippen MR) is 135 cm³/mol. The number of hydrogen-bond donors (Lipinski definition) is 2. The van der Waals surface area contributed by atoms with E-state index in [4.69, 9.17) is 9.98 Å². The first-order chi connectivity index (χ1) is 16.2. The van der Waals surface area contributed by atoms with Gasteiger partial charge in [-0.25, -0.2) is 4.99 Å². The number of Topliss-reactive ketones (excluding diaryl/α,β-unsaturated/α-hetero) is 1. The molecule has 2 atom stereocenters. The van der Waals surface area contributed by atoms with Crippen molar-refractivity contribution >= 4 is 40.7 Å². The molecule has 0 aliphatic carbocycles. The summed E-state index contributed by atoms with van der Waals surface area (Å²) in [4.78, 5) is 26.9. The van der Waals surface area contributed by atoms with Gasteiger partial charge in [0.25, 0.3) is 0 Å². The van der Waals surface area contributed by atoms with E-state index in [9.17, 15) is 4.79 Å². The summed E-state index contributed by atoms with van der Waals surface area (Å²) in [5.74, 6) is 0.0824. The molecular weight excluding hydrogens is 444 g/mol. The van der Waals surface area contributed by atoms with E-state index in [1.54, 1.807) is 0 Å². The highest BCUT2D eigenvalue weighted by Crippen LogP contribution is 2.44. The molecule has 6 rings (SSSR count). The molecule has 1 fully saturated rings. The number of fused-ring (bicyclic) bond motifs is 6. The van der Waals surface area contributed by atoms with Crippen LogP contribution in [0.2, 0.25) is 0 Å². The molecule has 2 N–H and O–H groups in total. The standard InChI is InChI=1S/C26H24N6OS/c1-15-31-32-23(34-15)26-10-9-19(29-26)12-18-6-5-16(27-18)11-17-7-8-20(28-17)13-25(4)22(33)24(2,3)21(14-26)30-25/h5-14,27,30H,1-4H3. The molecule has 0 amide bonds. The molecule has 4 aliphatic rings. The molecular formula is C26H24N6OS. The molecule has 2 unspecified atom stereocenters. The van der Waals surface area contributed by atoms with Gasteiger partial charge in [-0.15, -0.1) is 10.2 Å². The molecule has 8 bridgehead atoms. The Labute approximate surface area is 200 Å². The number of allylic oxidation sites excluding steroid dienone is 4. The van der Waals surface area contributed by atoms with E-state index in [0.29, 0.717) is 0 Å². The Morgan fingerprint density at radius 1 is 0.941 bits per heavy atom. The molecule has 2 aromatic heterocycles. The molecule has 0 aromatic carbocycles. The Balaban J connectivity index is 1.63. The first kappa shape index (κ1) is 20.9. The second-order valence-electron chi connectivity index (χ2n) is 9.76. The van der Waals surface area contributed by atoms with Crippen LogP contribution in [-0.2, 0) is 10.3 Å². The molecule has 4 aliphatic heterocycles. The third-order valence-corrected chi connectivity index (χ3v) is 7.60. The molecule has 170 valence electrons. The predicted octanol–water partition coefficient (Wildman–Crippen LogP) is 2.39. The van der Waals surface area contributed by atoms with E-state index in [1.165, 1.54) is 11.3 Å². The van der Waals surface area contributed by atoms with Crippen molar-refractivity contribution in [2.75, 3.05) is 0 Å². The summed E-state index contributed by atoms with van der Waals surface area (Å²) in [5.41, 5.74) is 0.739. The number of ketones is 1.